The Balaban J connectivity index is 2.50. The van der Waals surface area contributed by atoms with Gasteiger partial charge in [0.2, 0.25) is 0 Å². The average Bonchev–Trinajstić information content (AvgIpc) is 2.71. The summed E-state index contributed by atoms with van der Waals surface area (Å²) < 4.78 is 1.25. The Morgan fingerprint density at radius 3 is 2.67 bits per heavy atom. The van der Waals surface area contributed by atoms with Crippen LogP contribution in [0.1, 0.15) is 12.8 Å². The highest BCUT2D eigenvalue weighted by Crippen LogP contribution is 2.42. The molecule has 12 heavy (non-hydrogen) atoms. The van der Waals surface area contributed by atoms with Crippen LogP contribution < -0.4 is 5.69 Å². The predicted molar refractivity (Wildman–Crippen MR) is 39.9 cm³/mol. The van der Waals surface area contributed by atoms with Gasteiger partial charge in [-0.15, -0.1) is 0 Å². The van der Waals surface area contributed by atoms with Gasteiger partial charge in [0.05, 0.1) is 0 Å². The Morgan fingerprint density at radius 1 is 1.67 bits per heavy atom. The van der Waals surface area contributed by atoms with Crippen LogP contribution in [0.15, 0.2) is 17.2 Å². The van der Waals surface area contributed by atoms with E-state index in [0.29, 0.717) is 12.8 Å². The summed E-state index contributed by atoms with van der Waals surface area (Å²) in [5.74, 6) is -0.927. The van der Waals surface area contributed by atoms with Gasteiger partial charge in [0, 0.05) is 12.4 Å². The zero-order chi connectivity index (χ0) is 8.77. The third-order valence-electron chi connectivity index (χ3n) is 2.23. The van der Waals surface area contributed by atoms with Crippen LogP contribution >= 0.6 is 0 Å². The first kappa shape index (κ1) is 7.15. The highest BCUT2D eigenvalue weighted by molar-refractivity contribution is 5.80. The fourth-order valence-corrected chi connectivity index (χ4v) is 1.33. The van der Waals surface area contributed by atoms with Crippen molar-refractivity contribution >= 4 is 5.97 Å². The molecule has 5 heteroatoms. The molecule has 0 spiro atoms. The molecular weight excluding hydrogens is 160 g/mol. The number of nitrogens with zero attached hydrogens (tertiary/aromatic N) is 1. The van der Waals surface area contributed by atoms with Crippen LogP contribution in [0.4, 0.5) is 0 Å². The first-order chi connectivity index (χ1) is 5.67. The standard InChI is InChI=1S/C7H8N2O3/c10-5(11)7(1-2-7)9-4-3-8-6(9)12/h3-4H,1-2H2,(H,8,12)(H,10,11). The fraction of sp³-hybridized carbons (Fsp3) is 0.429. The fourth-order valence-electron chi connectivity index (χ4n) is 1.33. The second-order valence-electron chi connectivity index (χ2n) is 2.97. The van der Waals surface area contributed by atoms with Gasteiger partial charge in [-0.3, -0.25) is 4.57 Å². The summed E-state index contributed by atoms with van der Waals surface area (Å²) in [6.45, 7) is 0. The van der Waals surface area contributed by atoms with Crippen LogP contribution in [0.5, 0.6) is 0 Å². The largest absolute Gasteiger partial charge is 0.479 e. The molecule has 1 saturated carbocycles. The second kappa shape index (κ2) is 2.00. The van der Waals surface area contributed by atoms with E-state index < -0.39 is 11.5 Å². The van der Waals surface area contributed by atoms with Gasteiger partial charge in [-0.25, -0.2) is 9.59 Å². The molecule has 1 aliphatic rings. The number of nitrogens with one attached hydrogen (secondary N) is 1. The minimum absolute atomic E-state index is 0.352. The van der Waals surface area contributed by atoms with Gasteiger partial charge in [-0.2, -0.15) is 0 Å². The maximum Gasteiger partial charge on any atom is 0.330 e. The summed E-state index contributed by atoms with van der Waals surface area (Å²) in [6.07, 6.45) is 4.01. The molecule has 0 amide bonds. The van der Waals surface area contributed by atoms with E-state index in [1.54, 1.807) is 0 Å². The van der Waals surface area contributed by atoms with Crippen molar-refractivity contribution in [2.24, 2.45) is 0 Å². The SMILES string of the molecule is O=C(O)C1(n2cc[nH]c2=O)CC1. The number of hydrogen-bond donors (Lipinski definition) is 2. The smallest absolute Gasteiger partial charge is 0.330 e. The maximum atomic E-state index is 11.1. The first-order valence-corrected chi connectivity index (χ1v) is 3.67. The third-order valence-corrected chi connectivity index (χ3v) is 2.23. The lowest BCUT2D eigenvalue weighted by atomic mass is 10.3. The molecule has 1 aromatic heterocycles. The van der Waals surface area contributed by atoms with Crippen LogP contribution in [0, 0.1) is 0 Å². The van der Waals surface area contributed by atoms with E-state index in [1.807, 2.05) is 0 Å². The Bertz CT molecular complexity index is 372. The number of rotatable bonds is 2. The molecule has 1 heterocycles. The molecule has 0 saturated heterocycles. The number of imidazole rings is 1. The molecule has 0 unspecified atom stereocenters. The predicted octanol–water partition coefficient (Wildman–Crippen LogP) is -0.250. The molecule has 2 rings (SSSR count). The molecule has 1 aromatic rings. The molecule has 0 aliphatic heterocycles. The number of carbonyl (C=O) groups is 1. The number of aliphatic carboxylic acids is 1. The topological polar surface area (TPSA) is 75.1 Å². The number of aromatic amines is 1. The van der Waals surface area contributed by atoms with Crippen molar-refractivity contribution in [2.75, 3.05) is 0 Å². The quantitative estimate of drug-likeness (QED) is 0.639. The molecule has 0 bridgehead atoms. The average molecular weight is 168 g/mol. The van der Waals surface area contributed by atoms with Gasteiger partial charge < -0.3 is 10.1 Å². The number of hydrogen-bond acceptors (Lipinski definition) is 2. The number of aromatic nitrogens is 2. The van der Waals surface area contributed by atoms with E-state index >= 15 is 0 Å². The van der Waals surface area contributed by atoms with Crippen LogP contribution in [0.3, 0.4) is 0 Å². The van der Waals surface area contributed by atoms with E-state index in [0.717, 1.165) is 0 Å². The minimum Gasteiger partial charge on any atom is -0.479 e. The Morgan fingerprint density at radius 2 is 2.33 bits per heavy atom. The van der Waals surface area contributed by atoms with Crippen molar-refractivity contribution in [1.82, 2.24) is 9.55 Å². The van der Waals surface area contributed by atoms with Crippen molar-refractivity contribution in [2.45, 2.75) is 18.4 Å². The number of carboxylic acids is 1. The summed E-state index contributed by atoms with van der Waals surface area (Å²) in [7, 11) is 0. The highest BCUT2D eigenvalue weighted by atomic mass is 16.4. The minimum atomic E-state index is -0.947. The van der Waals surface area contributed by atoms with E-state index in [4.69, 9.17) is 5.11 Å². The maximum absolute atomic E-state index is 11.1. The molecule has 2 N–H and O–H groups in total. The lowest BCUT2D eigenvalue weighted by Gasteiger charge is -2.08. The van der Waals surface area contributed by atoms with Gasteiger partial charge in [0.15, 0.2) is 0 Å². The second-order valence-corrected chi connectivity index (χ2v) is 2.97. The molecule has 0 radical (unpaired) electrons. The number of carboxylic acid groups (broad SMARTS) is 1. The molecule has 0 aromatic carbocycles. The molecule has 1 fully saturated rings. The Hall–Kier alpha value is -1.52. The summed E-state index contributed by atoms with van der Waals surface area (Å²) in [5, 5.41) is 8.83. The summed E-state index contributed by atoms with van der Waals surface area (Å²) in [5.41, 5.74) is -1.30. The molecular formula is C7H8N2O3. The lowest BCUT2D eigenvalue weighted by Crippen LogP contribution is -2.34. The van der Waals surface area contributed by atoms with Crippen molar-refractivity contribution in [3.05, 3.63) is 22.9 Å². The van der Waals surface area contributed by atoms with Crippen molar-refractivity contribution < 1.29 is 9.90 Å². The summed E-state index contributed by atoms with van der Waals surface area (Å²) >= 11 is 0. The van der Waals surface area contributed by atoms with Crippen LogP contribution in [-0.2, 0) is 10.3 Å². The third kappa shape index (κ3) is 0.731. The van der Waals surface area contributed by atoms with Crippen LogP contribution in [-0.4, -0.2) is 20.6 Å². The van der Waals surface area contributed by atoms with Crippen molar-refractivity contribution in [1.29, 1.82) is 0 Å². The van der Waals surface area contributed by atoms with Crippen LogP contribution in [0.2, 0.25) is 0 Å². The van der Waals surface area contributed by atoms with E-state index in [1.165, 1.54) is 17.0 Å². The lowest BCUT2D eigenvalue weighted by molar-refractivity contribution is -0.142. The van der Waals surface area contributed by atoms with Gasteiger partial charge in [-0.1, -0.05) is 0 Å². The van der Waals surface area contributed by atoms with Gasteiger partial charge in [0.1, 0.15) is 5.54 Å². The molecule has 5 nitrogen and oxygen atoms in total. The van der Waals surface area contributed by atoms with Gasteiger partial charge in [0.25, 0.3) is 0 Å². The molecule has 64 valence electrons. The number of H-pyrrole nitrogens is 1. The zero-order valence-electron chi connectivity index (χ0n) is 6.28. The van der Waals surface area contributed by atoms with Gasteiger partial charge >= 0.3 is 11.7 Å². The van der Waals surface area contributed by atoms with E-state index in [9.17, 15) is 9.59 Å². The normalized spacial score (nSPS) is 19.0. The Labute approximate surface area is 67.6 Å². The summed E-state index contributed by atoms with van der Waals surface area (Å²) in [4.78, 5) is 24.2. The van der Waals surface area contributed by atoms with E-state index in [2.05, 4.69) is 4.98 Å². The Kier molecular flexibility index (Phi) is 1.19. The van der Waals surface area contributed by atoms with Crippen molar-refractivity contribution in [3.8, 4) is 0 Å². The van der Waals surface area contributed by atoms with E-state index in [-0.39, 0.29) is 5.69 Å². The van der Waals surface area contributed by atoms with Crippen LogP contribution in [0.25, 0.3) is 0 Å². The highest BCUT2D eigenvalue weighted by Gasteiger charge is 2.53. The molecule has 0 atom stereocenters. The molecule has 1 aliphatic carbocycles. The zero-order valence-corrected chi connectivity index (χ0v) is 6.28. The monoisotopic (exact) mass is 168 g/mol. The van der Waals surface area contributed by atoms with Crippen molar-refractivity contribution in [3.63, 3.8) is 0 Å². The van der Waals surface area contributed by atoms with Gasteiger partial charge in [-0.05, 0) is 12.8 Å². The first-order valence-electron chi connectivity index (χ1n) is 3.67. The summed E-state index contributed by atoms with van der Waals surface area (Å²) in [6, 6.07) is 0.